The Morgan fingerprint density at radius 2 is 2.18 bits per heavy atom. The molecule has 1 saturated heterocycles. The summed E-state index contributed by atoms with van der Waals surface area (Å²) >= 11 is 6.28. The van der Waals surface area contributed by atoms with Crippen molar-refractivity contribution >= 4 is 17.5 Å². The molecule has 22 heavy (non-hydrogen) atoms. The number of carbonyl (C=O) groups excluding carboxylic acids is 1. The van der Waals surface area contributed by atoms with E-state index in [1.807, 2.05) is 11.8 Å². The second-order valence-electron chi connectivity index (χ2n) is 5.23. The summed E-state index contributed by atoms with van der Waals surface area (Å²) in [4.78, 5) is 14.5. The van der Waals surface area contributed by atoms with Crippen LogP contribution in [0.3, 0.4) is 0 Å². The van der Waals surface area contributed by atoms with Crippen LogP contribution in [0.1, 0.15) is 30.1 Å². The Balaban J connectivity index is 2.23. The third-order valence-electron chi connectivity index (χ3n) is 3.55. The van der Waals surface area contributed by atoms with Crippen LogP contribution in [0.15, 0.2) is 12.1 Å². The van der Waals surface area contributed by atoms with Gasteiger partial charge in [0.1, 0.15) is 0 Å². The molecule has 0 atom stereocenters. The number of hydrogen-bond acceptors (Lipinski definition) is 4. The standard InChI is InChI=1S/C16H23ClN2O3/c1-3-9-22-15-13(17)10-12(11-14(15)21-2)16(20)19-7-4-5-18-6-8-19/h10-11,18H,3-9H2,1-2H3. The van der Waals surface area contributed by atoms with Crippen LogP contribution in [-0.2, 0) is 0 Å². The molecule has 1 aliphatic rings. The molecule has 2 rings (SSSR count). The van der Waals surface area contributed by atoms with Gasteiger partial charge in [-0.05, 0) is 31.5 Å². The Labute approximate surface area is 136 Å². The summed E-state index contributed by atoms with van der Waals surface area (Å²) in [5.41, 5.74) is 0.535. The predicted molar refractivity (Wildman–Crippen MR) is 87.2 cm³/mol. The molecule has 1 aromatic carbocycles. The zero-order chi connectivity index (χ0) is 15.9. The number of amides is 1. The van der Waals surface area contributed by atoms with Crippen molar-refractivity contribution < 1.29 is 14.3 Å². The van der Waals surface area contributed by atoms with E-state index in [0.717, 1.165) is 32.5 Å². The Hall–Kier alpha value is -1.46. The number of benzene rings is 1. The molecule has 0 aliphatic carbocycles. The molecule has 1 N–H and O–H groups in total. The molecule has 1 aromatic rings. The molecule has 5 nitrogen and oxygen atoms in total. The number of nitrogens with one attached hydrogen (secondary N) is 1. The zero-order valence-corrected chi connectivity index (χ0v) is 13.9. The predicted octanol–water partition coefficient (Wildman–Crippen LogP) is 2.57. The fraction of sp³-hybridized carbons (Fsp3) is 0.562. The Bertz CT molecular complexity index is 514. The lowest BCUT2D eigenvalue weighted by Crippen LogP contribution is -2.34. The molecule has 1 heterocycles. The van der Waals surface area contributed by atoms with E-state index in [2.05, 4.69) is 5.32 Å². The van der Waals surface area contributed by atoms with E-state index in [1.54, 1.807) is 19.2 Å². The summed E-state index contributed by atoms with van der Waals surface area (Å²) in [6.07, 6.45) is 1.83. The first kappa shape index (κ1) is 16.9. The average Bonchev–Trinajstić information content (AvgIpc) is 2.81. The maximum Gasteiger partial charge on any atom is 0.254 e. The van der Waals surface area contributed by atoms with E-state index >= 15 is 0 Å². The molecule has 1 aliphatic heterocycles. The van der Waals surface area contributed by atoms with E-state index in [9.17, 15) is 4.79 Å². The van der Waals surface area contributed by atoms with Gasteiger partial charge in [-0.2, -0.15) is 0 Å². The van der Waals surface area contributed by atoms with Crippen molar-refractivity contribution in [3.8, 4) is 11.5 Å². The lowest BCUT2D eigenvalue weighted by molar-refractivity contribution is 0.0766. The smallest absolute Gasteiger partial charge is 0.254 e. The highest BCUT2D eigenvalue weighted by molar-refractivity contribution is 6.32. The lowest BCUT2D eigenvalue weighted by atomic mass is 10.1. The zero-order valence-electron chi connectivity index (χ0n) is 13.2. The van der Waals surface area contributed by atoms with Crippen molar-refractivity contribution in [1.29, 1.82) is 0 Å². The van der Waals surface area contributed by atoms with Crippen LogP contribution in [0.5, 0.6) is 11.5 Å². The highest BCUT2D eigenvalue weighted by atomic mass is 35.5. The van der Waals surface area contributed by atoms with Crippen LogP contribution in [0.2, 0.25) is 5.02 Å². The molecular formula is C16H23ClN2O3. The fourth-order valence-corrected chi connectivity index (χ4v) is 2.68. The maximum atomic E-state index is 12.6. The Kier molecular flexibility index (Phi) is 6.34. The van der Waals surface area contributed by atoms with E-state index in [1.165, 1.54) is 0 Å². The second-order valence-corrected chi connectivity index (χ2v) is 5.64. The van der Waals surface area contributed by atoms with Crippen molar-refractivity contribution in [3.63, 3.8) is 0 Å². The summed E-state index contributed by atoms with van der Waals surface area (Å²) in [7, 11) is 1.55. The first-order chi connectivity index (χ1) is 10.7. The summed E-state index contributed by atoms with van der Waals surface area (Å²) in [5.74, 6) is 0.975. The monoisotopic (exact) mass is 326 g/mol. The number of halogens is 1. The maximum absolute atomic E-state index is 12.6. The van der Waals surface area contributed by atoms with Gasteiger partial charge in [0.15, 0.2) is 11.5 Å². The number of hydrogen-bond donors (Lipinski definition) is 1. The third kappa shape index (κ3) is 4.05. The van der Waals surface area contributed by atoms with Gasteiger partial charge >= 0.3 is 0 Å². The Morgan fingerprint density at radius 3 is 2.91 bits per heavy atom. The van der Waals surface area contributed by atoms with E-state index in [4.69, 9.17) is 21.1 Å². The molecule has 0 aromatic heterocycles. The van der Waals surface area contributed by atoms with Gasteiger partial charge in [0, 0.05) is 25.2 Å². The quantitative estimate of drug-likeness (QED) is 0.903. The molecule has 0 spiro atoms. The van der Waals surface area contributed by atoms with Gasteiger partial charge in [0.25, 0.3) is 5.91 Å². The number of nitrogens with zero attached hydrogens (tertiary/aromatic N) is 1. The lowest BCUT2D eigenvalue weighted by Gasteiger charge is -2.21. The van der Waals surface area contributed by atoms with Gasteiger partial charge in [0.05, 0.1) is 18.7 Å². The second kappa shape index (κ2) is 8.25. The molecule has 1 fully saturated rings. The molecule has 1 amide bonds. The van der Waals surface area contributed by atoms with Crippen molar-refractivity contribution in [2.75, 3.05) is 39.9 Å². The van der Waals surface area contributed by atoms with Crippen molar-refractivity contribution in [2.45, 2.75) is 19.8 Å². The molecule has 0 radical (unpaired) electrons. The molecule has 0 bridgehead atoms. The highest BCUT2D eigenvalue weighted by Crippen LogP contribution is 2.36. The molecule has 0 unspecified atom stereocenters. The number of rotatable bonds is 5. The summed E-state index contributed by atoms with van der Waals surface area (Å²) in [5, 5.41) is 3.69. The number of methoxy groups -OCH3 is 1. The van der Waals surface area contributed by atoms with Gasteiger partial charge < -0.3 is 19.7 Å². The molecule has 6 heteroatoms. The van der Waals surface area contributed by atoms with Crippen molar-refractivity contribution in [1.82, 2.24) is 10.2 Å². The minimum Gasteiger partial charge on any atom is -0.493 e. The fourth-order valence-electron chi connectivity index (χ4n) is 2.42. The van der Waals surface area contributed by atoms with Crippen molar-refractivity contribution in [3.05, 3.63) is 22.7 Å². The molecular weight excluding hydrogens is 304 g/mol. The van der Waals surface area contributed by atoms with Crippen molar-refractivity contribution in [2.24, 2.45) is 0 Å². The largest absolute Gasteiger partial charge is 0.493 e. The minimum atomic E-state index is -0.0223. The van der Waals surface area contributed by atoms with Gasteiger partial charge in [-0.25, -0.2) is 0 Å². The number of ether oxygens (including phenoxy) is 2. The van der Waals surface area contributed by atoms with Crippen LogP contribution in [0.4, 0.5) is 0 Å². The molecule has 122 valence electrons. The van der Waals surface area contributed by atoms with Gasteiger partial charge in [-0.1, -0.05) is 18.5 Å². The van der Waals surface area contributed by atoms with E-state index in [0.29, 0.717) is 35.2 Å². The average molecular weight is 327 g/mol. The normalized spacial score (nSPS) is 15.3. The van der Waals surface area contributed by atoms with E-state index in [-0.39, 0.29) is 5.91 Å². The van der Waals surface area contributed by atoms with Gasteiger partial charge in [-0.3, -0.25) is 4.79 Å². The SMILES string of the molecule is CCCOc1c(Cl)cc(C(=O)N2CCCNCC2)cc1OC. The third-order valence-corrected chi connectivity index (χ3v) is 3.83. The summed E-state index contributed by atoms with van der Waals surface area (Å²) in [6, 6.07) is 3.37. The van der Waals surface area contributed by atoms with Gasteiger partial charge in [-0.15, -0.1) is 0 Å². The van der Waals surface area contributed by atoms with E-state index < -0.39 is 0 Å². The van der Waals surface area contributed by atoms with Gasteiger partial charge in [0.2, 0.25) is 0 Å². The number of carbonyl (C=O) groups is 1. The van der Waals surface area contributed by atoms with Crippen LogP contribution in [0, 0.1) is 0 Å². The Morgan fingerprint density at radius 1 is 1.36 bits per heavy atom. The molecule has 0 saturated carbocycles. The topological polar surface area (TPSA) is 50.8 Å². The summed E-state index contributed by atoms with van der Waals surface area (Å²) in [6.45, 7) is 5.78. The van der Waals surface area contributed by atoms with Crippen LogP contribution >= 0.6 is 11.6 Å². The first-order valence-corrected chi connectivity index (χ1v) is 8.05. The highest BCUT2D eigenvalue weighted by Gasteiger charge is 2.21. The van der Waals surface area contributed by atoms with Crippen LogP contribution < -0.4 is 14.8 Å². The van der Waals surface area contributed by atoms with Crippen LogP contribution in [0.25, 0.3) is 0 Å². The minimum absolute atomic E-state index is 0.0223. The first-order valence-electron chi connectivity index (χ1n) is 7.67. The van der Waals surface area contributed by atoms with Crippen LogP contribution in [-0.4, -0.2) is 50.7 Å². The summed E-state index contributed by atoms with van der Waals surface area (Å²) < 4.78 is 10.9.